The van der Waals surface area contributed by atoms with E-state index in [1.807, 2.05) is 42.5 Å². The van der Waals surface area contributed by atoms with E-state index in [1.165, 1.54) is 12.1 Å². The third-order valence-corrected chi connectivity index (χ3v) is 4.61. The minimum absolute atomic E-state index is 0.0251. The maximum atomic E-state index is 12.2. The molecule has 0 radical (unpaired) electrons. The molecule has 1 amide bonds. The van der Waals surface area contributed by atoms with Gasteiger partial charge in [-0.3, -0.25) is 14.9 Å². The topological polar surface area (TPSA) is 92.5 Å². The molecule has 3 rings (SSSR count). The number of amides is 1. The van der Waals surface area contributed by atoms with Crippen LogP contribution in [0, 0.1) is 10.1 Å². The average Bonchev–Trinajstić information content (AvgIpc) is 2.67. The van der Waals surface area contributed by atoms with Crippen LogP contribution in [0.3, 0.4) is 0 Å². The molecule has 0 fully saturated rings. The monoisotopic (exact) mass is 384 g/mol. The molecule has 0 aliphatic carbocycles. The number of hydrogen-bond acceptors (Lipinski definition) is 4. The summed E-state index contributed by atoms with van der Waals surface area (Å²) in [6, 6.07) is 17.4. The molecule has 7 heteroatoms. The Labute approximate surface area is 160 Å². The SMILES string of the molecule is O=C(NCCC(O)c1cccc2ccccc12)c1ccc(Cl)c([N+](=O)[O-])c1. The molecule has 0 spiro atoms. The Morgan fingerprint density at radius 1 is 1.15 bits per heavy atom. The summed E-state index contributed by atoms with van der Waals surface area (Å²) in [4.78, 5) is 22.5. The van der Waals surface area contributed by atoms with Crippen LogP contribution < -0.4 is 5.32 Å². The van der Waals surface area contributed by atoms with Gasteiger partial charge in [-0.25, -0.2) is 0 Å². The standard InChI is InChI=1S/C20H17ClN2O4/c21-17-9-8-14(12-18(17)23(26)27)20(25)22-11-10-19(24)16-7-3-5-13-4-1-2-6-15(13)16/h1-9,12,19,24H,10-11H2,(H,22,25). The first kappa shape index (κ1) is 18.8. The van der Waals surface area contributed by atoms with Crippen molar-refractivity contribution in [3.05, 3.63) is 86.9 Å². The molecule has 3 aromatic rings. The predicted octanol–water partition coefficient (Wildman–Crippen LogP) is 4.25. The van der Waals surface area contributed by atoms with E-state index in [1.54, 1.807) is 0 Å². The first-order chi connectivity index (χ1) is 13.0. The van der Waals surface area contributed by atoms with Crippen LogP contribution in [0.2, 0.25) is 5.02 Å². The number of nitro groups is 1. The van der Waals surface area contributed by atoms with Crippen LogP contribution in [0.4, 0.5) is 5.69 Å². The highest BCUT2D eigenvalue weighted by Crippen LogP contribution is 2.26. The predicted molar refractivity (Wildman–Crippen MR) is 104 cm³/mol. The van der Waals surface area contributed by atoms with E-state index < -0.39 is 16.9 Å². The van der Waals surface area contributed by atoms with Crippen molar-refractivity contribution in [1.82, 2.24) is 5.32 Å². The number of nitrogens with one attached hydrogen (secondary N) is 1. The molecule has 1 atom stereocenters. The van der Waals surface area contributed by atoms with Crippen LogP contribution in [0.25, 0.3) is 10.8 Å². The van der Waals surface area contributed by atoms with Gasteiger partial charge < -0.3 is 10.4 Å². The van der Waals surface area contributed by atoms with Gasteiger partial charge in [0.2, 0.25) is 0 Å². The molecule has 0 aromatic heterocycles. The third kappa shape index (κ3) is 4.24. The van der Waals surface area contributed by atoms with Gasteiger partial charge in [0.1, 0.15) is 5.02 Å². The number of nitro benzene ring substituents is 1. The second-order valence-corrected chi connectivity index (χ2v) is 6.46. The quantitative estimate of drug-likeness (QED) is 0.490. The van der Waals surface area contributed by atoms with E-state index in [4.69, 9.17) is 11.6 Å². The number of carbonyl (C=O) groups is 1. The minimum Gasteiger partial charge on any atom is -0.388 e. The molecule has 138 valence electrons. The van der Waals surface area contributed by atoms with E-state index in [9.17, 15) is 20.0 Å². The molecule has 0 saturated heterocycles. The molecule has 3 aromatic carbocycles. The van der Waals surface area contributed by atoms with Crippen molar-refractivity contribution in [1.29, 1.82) is 0 Å². The summed E-state index contributed by atoms with van der Waals surface area (Å²) in [7, 11) is 0. The van der Waals surface area contributed by atoms with Crippen molar-refractivity contribution in [2.75, 3.05) is 6.54 Å². The number of rotatable bonds is 6. The zero-order valence-electron chi connectivity index (χ0n) is 14.3. The highest BCUT2D eigenvalue weighted by Gasteiger charge is 2.17. The van der Waals surface area contributed by atoms with E-state index in [0.717, 1.165) is 22.4 Å². The summed E-state index contributed by atoms with van der Waals surface area (Å²) in [5, 5.41) is 26.1. The first-order valence-electron chi connectivity index (χ1n) is 8.35. The molecule has 0 heterocycles. The number of hydrogen-bond donors (Lipinski definition) is 2. The molecule has 0 aliphatic heterocycles. The maximum absolute atomic E-state index is 12.2. The Bertz CT molecular complexity index is 1000. The van der Waals surface area contributed by atoms with Crippen LogP contribution in [0.5, 0.6) is 0 Å². The Morgan fingerprint density at radius 2 is 1.89 bits per heavy atom. The van der Waals surface area contributed by atoms with Gasteiger partial charge in [0.05, 0.1) is 11.0 Å². The molecule has 0 saturated carbocycles. The zero-order valence-corrected chi connectivity index (χ0v) is 15.0. The first-order valence-corrected chi connectivity index (χ1v) is 8.73. The van der Waals surface area contributed by atoms with E-state index in [-0.39, 0.29) is 22.8 Å². The Kier molecular flexibility index (Phi) is 5.69. The number of aliphatic hydroxyl groups excluding tert-OH is 1. The number of benzene rings is 3. The average molecular weight is 385 g/mol. The number of fused-ring (bicyclic) bond motifs is 1. The van der Waals surface area contributed by atoms with Crippen molar-refractivity contribution >= 4 is 34.0 Å². The van der Waals surface area contributed by atoms with Gasteiger partial charge in [0.25, 0.3) is 11.6 Å². The van der Waals surface area contributed by atoms with Crippen molar-refractivity contribution in [3.8, 4) is 0 Å². The Balaban J connectivity index is 1.65. The lowest BCUT2D eigenvalue weighted by Gasteiger charge is -2.14. The van der Waals surface area contributed by atoms with Gasteiger partial charge in [-0.05, 0) is 34.9 Å². The van der Waals surface area contributed by atoms with Crippen LogP contribution in [-0.2, 0) is 0 Å². The molecule has 0 aliphatic rings. The van der Waals surface area contributed by atoms with Crippen LogP contribution in [-0.4, -0.2) is 22.5 Å². The lowest BCUT2D eigenvalue weighted by Crippen LogP contribution is -2.25. The second kappa shape index (κ2) is 8.16. The normalized spacial score (nSPS) is 11.9. The van der Waals surface area contributed by atoms with E-state index in [0.29, 0.717) is 6.42 Å². The highest BCUT2D eigenvalue weighted by molar-refractivity contribution is 6.32. The third-order valence-electron chi connectivity index (χ3n) is 4.29. The summed E-state index contributed by atoms with van der Waals surface area (Å²) < 4.78 is 0. The summed E-state index contributed by atoms with van der Waals surface area (Å²) in [5.74, 6) is -0.458. The van der Waals surface area contributed by atoms with E-state index >= 15 is 0 Å². The molecular formula is C20H17ClN2O4. The summed E-state index contributed by atoms with van der Waals surface area (Å²) >= 11 is 5.75. The fraction of sp³-hybridized carbons (Fsp3) is 0.150. The van der Waals surface area contributed by atoms with Crippen LogP contribution in [0.1, 0.15) is 28.4 Å². The zero-order chi connectivity index (χ0) is 19.4. The highest BCUT2D eigenvalue weighted by atomic mass is 35.5. The smallest absolute Gasteiger partial charge is 0.288 e. The summed E-state index contributed by atoms with van der Waals surface area (Å²) in [5.41, 5.74) is 0.621. The van der Waals surface area contributed by atoms with Gasteiger partial charge in [0, 0.05) is 18.2 Å². The molecule has 6 nitrogen and oxygen atoms in total. The van der Waals surface area contributed by atoms with Crippen LogP contribution in [0.15, 0.2) is 60.7 Å². The van der Waals surface area contributed by atoms with Gasteiger partial charge >= 0.3 is 0 Å². The van der Waals surface area contributed by atoms with Gasteiger partial charge in [-0.2, -0.15) is 0 Å². The molecule has 2 N–H and O–H groups in total. The lowest BCUT2D eigenvalue weighted by atomic mass is 9.99. The van der Waals surface area contributed by atoms with Crippen molar-refractivity contribution in [2.45, 2.75) is 12.5 Å². The van der Waals surface area contributed by atoms with Gasteiger partial charge in [-0.1, -0.05) is 54.1 Å². The second-order valence-electron chi connectivity index (χ2n) is 6.05. The number of nitrogens with zero attached hydrogens (tertiary/aromatic N) is 1. The Morgan fingerprint density at radius 3 is 2.67 bits per heavy atom. The maximum Gasteiger partial charge on any atom is 0.288 e. The minimum atomic E-state index is -0.740. The number of halogens is 1. The fourth-order valence-electron chi connectivity index (χ4n) is 2.91. The van der Waals surface area contributed by atoms with Crippen LogP contribution >= 0.6 is 11.6 Å². The Hall–Kier alpha value is -2.96. The fourth-order valence-corrected chi connectivity index (χ4v) is 3.10. The largest absolute Gasteiger partial charge is 0.388 e. The molecular weight excluding hydrogens is 368 g/mol. The van der Waals surface area contributed by atoms with Crippen molar-refractivity contribution in [3.63, 3.8) is 0 Å². The summed E-state index contributed by atoms with van der Waals surface area (Å²) in [6.07, 6.45) is -0.425. The molecule has 1 unspecified atom stereocenters. The molecule has 27 heavy (non-hydrogen) atoms. The molecule has 0 bridgehead atoms. The van der Waals surface area contributed by atoms with Crippen molar-refractivity contribution in [2.24, 2.45) is 0 Å². The van der Waals surface area contributed by atoms with Gasteiger partial charge in [-0.15, -0.1) is 0 Å². The van der Waals surface area contributed by atoms with E-state index in [2.05, 4.69) is 5.32 Å². The summed E-state index contributed by atoms with van der Waals surface area (Å²) in [6.45, 7) is 0.222. The number of carbonyl (C=O) groups excluding carboxylic acids is 1. The number of aliphatic hydroxyl groups is 1. The van der Waals surface area contributed by atoms with Gasteiger partial charge in [0.15, 0.2) is 0 Å². The van der Waals surface area contributed by atoms with Crippen molar-refractivity contribution < 1.29 is 14.8 Å². The lowest BCUT2D eigenvalue weighted by molar-refractivity contribution is -0.384.